The molecule has 1 saturated heterocycles. The molecule has 0 bridgehead atoms. The topological polar surface area (TPSA) is 112 Å². The van der Waals surface area contributed by atoms with Gasteiger partial charge in [0, 0.05) is 38.6 Å². The first-order valence-electron chi connectivity index (χ1n) is 13.5. The Hall–Kier alpha value is -3.45. The Morgan fingerprint density at radius 1 is 1.10 bits per heavy atom. The van der Waals surface area contributed by atoms with Gasteiger partial charge >= 0.3 is 6.18 Å². The molecule has 0 unspecified atom stereocenters. The number of nitrogens with one attached hydrogen (secondary N) is 2. The molecule has 1 aliphatic carbocycles. The molecule has 1 saturated carbocycles. The molecule has 216 valence electrons. The summed E-state index contributed by atoms with van der Waals surface area (Å²) >= 11 is 0. The minimum absolute atomic E-state index is 0.0269. The fourth-order valence-electron chi connectivity index (χ4n) is 5.25. The number of anilines is 2. The third kappa shape index (κ3) is 6.64. The van der Waals surface area contributed by atoms with Crippen molar-refractivity contribution < 1.29 is 27.4 Å². The first-order valence-corrected chi connectivity index (χ1v) is 13.5. The predicted octanol–water partition coefficient (Wildman–Crippen LogP) is 3.76. The summed E-state index contributed by atoms with van der Waals surface area (Å²) in [6.45, 7) is 2.19. The van der Waals surface area contributed by atoms with Crippen molar-refractivity contribution in [3.63, 3.8) is 0 Å². The van der Waals surface area contributed by atoms with Gasteiger partial charge in [-0.05, 0) is 68.7 Å². The van der Waals surface area contributed by atoms with Crippen LogP contribution in [-0.2, 0) is 34.0 Å². The van der Waals surface area contributed by atoms with Crippen LogP contribution in [0, 0.1) is 5.92 Å². The number of alkyl halides is 3. The van der Waals surface area contributed by atoms with Crippen LogP contribution in [0.4, 0.5) is 24.7 Å². The van der Waals surface area contributed by atoms with Crippen molar-refractivity contribution in [3.8, 4) is 0 Å². The molecule has 2 aromatic heterocycles. The lowest BCUT2D eigenvalue weighted by Gasteiger charge is -2.31. The highest BCUT2D eigenvalue weighted by molar-refractivity contribution is 5.87. The molecule has 2 aliphatic rings. The normalized spacial score (nSPS) is 20.5. The zero-order valence-electron chi connectivity index (χ0n) is 22.2. The highest BCUT2D eigenvalue weighted by Gasteiger charge is 2.30. The number of ether oxygens (including phenoxy) is 2. The van der Waals surface area contributed by atoms with Crippen LogP contribution in [0.15, 0.2) is 35.4 Å². The molecule has 1 aromatic carbocycles. The second-order valence-corrected chi connectivity index (χ2v) is 10.5. The fraction of sp³-hybridized carbons (Fsp3) is 0.556. The lowest BCUT2D eigenvalue weighted by molar-refractivity contribution is -0.137. The number of nitrogens with zero attached hydrogens (tertiary/aromatic N) is 4. The Kier molecular flexibility index (Phi) is 8.40. The average molecular weight is 563 g/mol. The SMILES string of the molecule is Cn1nc(Nc2ccc(C(F)(F)F)cc2)c2ncn(CC(=O)NC3CCC(OCC4CCOCC4)CC3)c(=O)c21. The van der Waals surface area contributed by atoms with Crippen molar-refractivity contribution in [2.75, 3.05) is 25.1 Å². The van der Waals surface area contributed by atoms with E-state index in [1.54, 1.807) is 7.05 Å². The zero-order chi connectivity index (χ0) is 28.3. The Balaban J connectivity index is 1.16. The third-order valence-electron chi connectivity index (χ3n) is 7.55. The molecule has 1 amide bonds. The first kappa shape index (κ1) is 28.1. The van der Waals surface area contributed by atoms with Gasteiger partial charge in [0.2, 0.25) is 5.91 Å². The molecule has 0 radical (unpaired) electrons. The number of halogens is 3. The summed E-state index contributed by atoms with van der Waals surface area (Å²) in [6, 6.07) is 4.50. The summed E-state index contributed by atoms with van der Waals surface area (Å²) in [5, 5.41) is 10.2. The van der Waals surface area contributed by atoms with Gasteiger partial charge in [-0.15, -0.1) is 0 Å². The van der Waals surface area contributed by atoms with Gasteiger partial charge in [-0.3, -0.25) is 18.8 Å². The number of hydrogen-bond donors (Lipinski definition) is 2. The van der Waals surface area contributed by atoms with Crippen molar-refractivity contribution in [1.29, 1.82) is 0 Å². The third-order valence-corrected chi connectivity index (χ3v) is 7.55. The van der Waals surface area contributed by atoms with Gasteiger partial charge in [-0.25, -0.2) is 4.98 Å². The maximum atomic E-state index is 13.1. The predicted molar refractivity (Wildman–Crippen MR) is 141 cm³/mol. The summed E-state index contributed by atoms with van der Waals surface area (Å²) in [5.41, 5.74) is -0.423. The Morgan fingerprint density at radius 3 is 2.48 bits per heavy atom. The van der Waals surface area contributed by atoms with Gasteiger partial charge in [0.05, 0.1) is 18.0 Å². The van der Waals surface area contributed by atoms with E-state index < -0.39 is 17.3 Å². The van der Waals surface area contributed by atoms with E-state index in [2.05, 4.69) is 20.7 Å². The van der Waals surface area contributed by atoms with Crippen molar-refractivity contribution >= 4 is 28.4 Å². The number of carbonyl (C=O) groups excluding carboxylic acids is 1. The fourth-order valence-corrected chi connectivity index (χ4v) is 5.25. The quantitative estimate of drug-likeness (QED) is 0.430. The summed E-state index contributed by atoms with van der Waals surface area (Å²) in [4.78, 5) is 30.2. The van der Waals surface area contributed by atoms with Crippen LogP contribution in [0.2, 0.25) is 0 Å². The highest BCUT2D eigenvalue weighted by Crippen LogP contribution is 2.31. The van der Waals surface area contributed by atoms with E-state index in [9.17, 15) is 22.8 Å². The standard InChI is InChI=1S/C27H33F3N6O4/c1-35-24-23(25(34-35)33-20-4-2-18(3-5-20)27(28,29)30)31-16-36(26(24)38)14-22(37)32-19-6-8-21(9-7-19)40-15-17-10-12-39-13-11-17/h2-5,16-17,19,21H,6-15H2,1H3,(H,32,37)(H,33,34). The van der Waals surface area contributed by atoms with Gasteiger partial charge < -0.3 is 20.1 Å². The van der Waals surface area contributed by atoms with Crippen LogP contribution in [0.1, 0.15) is 44.1 Å². The van der Waals surface area contributed by atoms with Crippen LogP contribution in [0.5, 0.6) is 0 Å². The molecule has 2 fully saturated rings. The van der Waals surface area contributed by atoms with Crippen molar-refractivity contribution in [1.82, 2.24) is 24.6 Å². The maximum Gasteiger partial charge on any atom is 0.416 e. The van der Waals surface area contributed by atoms with Crippen LogP contribution >= 0.6 is 0 Å². The van der Waals surface area contributed by atoms with E-state index in [-0.39, 0.29) is 41.4 Å². The minimum atomic E-state index is -4.44. The second-order valence-electron chi connectivity index (χ2n) is 10.5. The summed E-state index contributed by atoms with van der Waals surface area (Å²) in [6.07, 6.45) is 2.53. The van der Waals surface area contributed by atoms with Crippen molar-refractivity contribution in [3.05, 3.63) is 46.5 Å². The van der Waals surface area contributed by atoms with Crippen LogP contribution in [0.25, 0.3) is 11.0 Å². The monoisotopic (exact) mass is 562 g/mol. The average Bonchev–Trinajstić information content (AvgIpc) is 3.25. The van der Waals surface area contributed by atoms with E-state index in [0.29, 0.717) is 11.6 Å². The van der Waals surface area contributed by atoms with Crippen molar-refractivity contribution in [2.24, 2.45) is 13.0 Å². The van der Waals surface area contributed by atoms with E-state index in [0.717, 1.165) is 70.5 Å². The molecule has 3 heterocycles. The Labute approximate surface area is 228 Å². The lowest BCUT2D eigenvalue weighted by atomic mass is 9.92. The molecule has 0 spiro atoms. The summed E-state index contributed by atoms with van der Waals surface area (Å²) < 4.78 is 52.6. The number of hydrogen-bond acceptors (Lipinski definition) is 7. The number of fused-ring (bicyclic) bond motifs is 1. The van der Waals surface area contributed by atoms with E-state index >= 15 is 0 Å². The number of benzene rings is 1. The van der Waals surface area contributed by atoms with Crippen LogP contribution < -0.4 is 16.2 Å². The zero-order valence-corrected chi connectivity index (χ0v) is 22.2. The smallest absolute Gasteiger partial charge is 0.381 e. The first-order chi connectivity index (χ1) is 19.2. The second kappa shape index (κ2) is 12.0. The number of aryl methyl sites for hydroxylation is 1. The molecule has 1 aliphatic heterocycles. The lowest BCUT2D eigenvalue weighted by Crippen LogP contribution is -2.42. The Bertz CT molecular complexity index is 1370. The molecule has 3 aromatic rings. The molecule has 10 nitrogen and oxygen atoms in total. The van der Waals surface area contributed by atoms with Gasteiger partial charge in [-0.2, -0.15) is 18.3 Å². The molecular formula is C27H33F3N6O4. The van der Waals surface area contributed by atoms with Gasteiger partial charge in [0.25, 0.3) is 5.56 Å². The number of rotatable bonds is 8. The maximum absolute atomic E-state index is 13.1. The molecular weight excluding hydrogens is 529 g/mol. The van der Waals surface area contributed by atoms with Crippen molar-refractivity contribution in [2.45, 2.75) is 63.4 Å². The van der Waals surface area contributed by atoms with Crippen LogP contribution in [-0.4, -0.2) is 57.2 Å². The number of amides is 1. The highest BCUT2D eigenvalue weighted by atomic mass is 19.4. The number of aromatic nitrogens is 4. The molecule has 5 rings (SSSR count). The molecule has 40 heavy (non-hydrogen) atoms. The van der Waals surface area contributed by atoms with Gasteiger partial charge in [-0.1, -0.05) is 0 Å². The van der Waals surface area contributed by atoms with Gasteiger partial charge in [0.15, 0.2) is 11.3 Å². The largest absolute Gasteiger partial charge is 0.416 e. The van der Waals surface area contributed by atoms with E-state index in [1.807, 2.05) is 0 Å². The van der Waals surface area contributed by atoms with Crippen LogP contribution in [0.3, 0.4) is 0 Å². The molecule has 0 atom stereocenters. The summed E-state index contributed by atoms with van der Waals surface area (Å²) in [5.74, 6) is 0.508. The number of carbonyl (C=O) groups is 1. The molecule has 2 N–H and O–H groups in total. The van der Waals surface area contributed by atoms with Gasteiger partial charge in [0.1, 0.15) is 12.1 Å². The summed E-state index contributed by atoms with van der Waals surface area (Å²) in [7, 11) is 1.57. The van der Waals surface area contributed by atoms with E-state index in [1.165, 1.54) is 27.7 Å². The minimum Gasteiger partial charge on any atom is -0.381 e. The van der Waals surface area contributed by atoms with E-state index in [4.69, 9.17) is 9.47 Å². The molecule has 13 heteroatoms. The Morgan fingerprint density at radius 2 is 1.80 bits per heavy atom.